The number of halogens is 1. The highest BCUT2D eigenvalue weighted by Crippen LogP contribution is 2.23. The fourth-order valence-electron chi connectivity index (χ4n) is 4.61. The van der Waals surface area contributed by atoms with Crippen LogP contribution in [0.4, 0.5) is 4.39 Å². The Hall–Kier alpha value is -2.08. The Morgan fingerprint density at radius 3 is 2.47 bits per heavy atom. The van der Waals surface area contributed by atoms with Gasteiger partial charge in [-0.15, -0.1) is 0 Å². The Labute approximate surface area is 218 Å². The van der Waals surface area contributed by atoms with E-state index < -0.39 is 15.7 Å². The Balaban J connectivity index is 1.62. The van der Waals surface area contributed by atoms with Crippen LogP contribution in [0, 0.1) is 5.82 Å². The highest BCUT2D eigenvalue weighted by molar-refractivity contribution is 7.90. The minimum absolute atomic E-state index is 0.00266. The number of benzene rings is 1. The lowest BCUT2D eigenvalue weighted by Gasteiger charge is -2.30. The van der Waals surface area contributed by atoms with Crippen LogP contribution in [0.3, 0.4) is 0 Å². The number of hydrogen-bond donors (Lipinski definition) is 1. The van der Waals surface area contributed by atoms with E-state index in [0.717, 1.165) is 38.0 Å². The van der Waals surface area contributed by atoms with Crippen LogP contribution in [0.1, 0.15) is 50.8 Å². The molecule has 8 nitrogen and oxygen atoms in total. The molecule has 2 aliphatic heterocycles. The summed E-state index contributed by atoms with van der Waals surface area (Å²) in [5.41, 5.74) is 1.25. The van der Waals surface area contributed by atoms with E-state index in [1.54, 1.807) is 10.8 Å². The molecule has 198 valence electrons. The zero-order chi connectivity index (χ0) is 25.7. The second-order valence-electron chi connectivity index (χ2n) is 9.78. The molecular formula is C25H35FN4O4S2. The number of hydrogen-bond acceptors (Lipinski definition) is 6. The van der Waals surface area contributed by atoms with Crippen molar-refractivity contribution in [1.82, 2.24) is 19.8 Å². The van der Waals surface area contributed by atoms with E-state index in [1.807, 2.05) is 18.7 Å². The minimum atomic E-state index is -3.79. The molecule has 2 unspecified atom stereocenters. The Kier molecular flexibility index (Phi) is 8.97. The Bertz CT molecular complexity index is 1130. The standard InChI is InChI=1S/C25H35FN4O4S2/c1-18(2)28-24(35)29(15-22-5-3-11-33-22)14-21-13-27-25(30(21)16-23-6-4-12-34-23)36(31,32)17-19-7-9-20(26)10-8-19/h7-10,13,18,22-23H,3-6,11-12,14-17H2,1-2H3,(H,28,35). The lowest BCUT2D eigenvalue weighted by molar-refractivity contribution is 0.0861. The molecule has 0 aliphatic carbocycles. The first-order valence-corrected chi connectivity index (χ1v) is 14.6. The van der Waals surface area contributed by atoms with Crippen LogP contribution in [-0.2, 0) is 38.2 Å². The molecule has 1 aromatic carbocycles. The summed E-state index contributed by atoms with van der Waals surface area (Å²) in [6, 6.07) is 5.66. The summed E-state index contributed by atoms with van der Waals surface area (Å²) in [6.07, 6.45) is 5.41. The number of nitrogens with one attached hydrogen (secondary N) is 1. The number of rotatable bonds is 10. The molecule has 1 N–H and O–H groups in total. The summed E-state index contributed by atoms with van der Waals surface area (Å²) in [7, 11) is -3.79. The molecule has 2 aromatic rings. The summed E-state index contributed by atoms with van der Waals surface area (Å²) < 4.78 is 53.7. The topological polar surface area (TPSA) is 85.7 Å². The van der Waals surface area contributed by atoms with Gasteiger partial charge in [0.15, 0.2) is 5.11 Å². The first-order valence-electron chi connectivity index (χ1n) is 12.5. The minimum Gasteiger partial charge on any atom is -0.376 e. The SMILES string of the molecule is CC(C)NC(=S)N(Cc1cnc(S(=O)(=O)Cc2ccc(F)cc2)n1CC1CCCO1)CC1CCCO1. The average Bonchev–Trinajstić information content (AvgIpc) is 3.58. The van der Waals surface area contributed by atoms with Gasteiger partial charge in [-0.1, -0.05) is 12.1 Å². The van der Waals surface area contributed by atoms with Crippen LogP contribution in [0.25, 0.3) is 0 Å². The van der Waals surface area contributed by atoms with E-state index >= 15 is 0 Å². The number of imidazole rings is 1. The maximum atomic E-state index is 13.4. The van der Waals surface area contributed by atoms with E-state index in [2.05, 4.69) is 10.3 Å². The van der Waals surface area contributed by atoms with Gasteiger partial charge in [-0.25, -0.2) is 17.8 Å². The predicted molar refractivity (Wildman–Crippen MR) is 139 cm³/mol. The zero-order valence-electron chi connectivity index (χ0n) is 20.9. The first-order chi connectivity index (χ1) is 17.2. The highest BCUT2D eigenvalue weighted by Gasteiger charge is 2.29. The number of nitrogens with zero attached hydrogens (tertiary/aromatic N) is 3. The van der Waals surface area contributed by atoms with E-state index in [1.165, 1.54) is 24.3 Å². The van der Waals surface area contributed by atoms with Crippen molar-refractivity contribution in [2.45, 2.75) is 81.8 Å². The van der Waals surface area contributed by atoms with Gasteiger partial charge in [0.05, 0.1) is 42.9 Å². The fraction of sp³-hybridized carbons (Fsp3) is 0.600. The predicted octanol–water partition coefficient (Wildman–Crippen LogP) is 3.44. The van der Waals surface area contributed by atoms with E-state index in [-0.39, 0.29) is 29.2 Å². The molecule has 3 heterocycles. The third kappa shape index (κ3) is 7.02. The van der Waals surface area contributed by atoms with Crippen LogP contribution < -0.4 is 5.32 Å². The largest absolute Gasteiger partial charge is 0.376 e. The van der Waals surface area contributed by atoms with Crippen molar-refractivity contribution >= 4 is 27.2 Å². The van der Waals surface area contributed by atoms with Crippen LogP contribution >= 0.6 is 12.2 Å². The van der Waals surface area contributed by atoms with Gasteiger partial charge in [-0.3, -0.25) is 0 Å². The molecule has 36 heavy (non-hydrogen) atoms. The van der Waals surface area contributed by atoms with Crippen LogP contribution in [0.2, 0.25) is 0 Å². The summed E-state index contributed by atoms with van der Waals surface area (Å²) >= 11 is 5.71. The van der Waals surface area contributed by atoms with Gasteiger partial charge in [0.2, 0.25) is 15.0 Å². The van der Waals surface area contributed by atoms with Crippen molar-refractivity contribution in [3.8, 4) is 0 Å². The summed E-state index contributed by atoms with van der Waals surface area (Å²) in [4.78, 5) is 6.40. The highest BCUT2D eigenvalue weighted by atomic mass is 32.2. The smallest absolute Gasteiger partial charge is 0.228 e. The number of aromatic nitrogens is 2. The molecule has 2 fully saturated rings. The maximum Gasteiger partial charge on any atom is 0.228 e. The maximum absolute atomic E-state index is 13.4. The molecular weight excluding hydrogens is 503 g/mol. The van der Waals surface area contributed by atoms with Gasteiger partial charge in [-0.05, 0) is 69.4 Å². The average molecular weight is 539 g/mol. The lowest BCUT2D eigenvalue weighted by Crippen LogP contribution is -2.45. The van der Waals surface area contributed by atoms with Gasteiger partial charge in [-0.2, -0.15) is 0 Å². The summed E-state index contributed by atoms with van der Waals surface area (Å²) in [6.45, 7) is 6.86. The summed E-state index contributed by atoms with van der Waals surface area (Å²) in [5, 5.41) is 3.90. The fourth-order valence-corrected chi connectivity index (χ4v) is 6.48. The first kappa shape index (κ1) is 27.0. The van der Waals surface area contributed by atoms with Gasteiger partial charge in [0.25, 0.3) is 0 Å². The lowest BCUT2D eigenvalue weighted by atomic mass is 10.2. The molecule has 4 rings (SSSR count). The molecule has 0 radical (unpaired) electrons. The van der Waals surface area contributed by atoms with Crippen LogP contribution in [-0.4, -0.2) is 66.0 Å². The molecule has 0 spiro atoms. The number of thiocarbonyl (C=S) groups is 1. The quantitative estimate of drug-likeness (QED) is 0.461. The van der Waals surface area contributed by atoms with Crippen molar-refractivity contribution in [3.63, 3.8) is 0 Å². The number of ether oxygens (including phenoxy) is 2. The molecule has 0 bridgehead atoms. The van der Waals surface area contributed by atoms with Gasteiger partial charge < -0.3 is 24.3 Å². The molecule has 2 aliphatic rings. The summed E-state index contributed by atoms with van der Waals surface area (Å²) in [5.74, 6) is -0.669. The Morgan fingerprint density at radius 1 is 1.19 bits per heavy atom. The van der Waals surface area contributed by atoms with E-state index in [9.17, 15) is 12.8 Å². The molecule has 0 saturated carbocycles. The molecule has 2 saturated heterocycles. The monoisotopic (exact) mass is 538 g/mol. The molecule has 0 amide bonds. The third-order valence-electron chi connectivity index (χ3n) is 6.36. The van der Waals surface area contributed by atoms with E-state index in [0.29, 0.717) is 36.9 Å². The van der Waals surface area contributed by atoms with E-state index in [4.69, 9.17) is 21.7 Å². The van der Waals surface area contributed by atoms with Gasteiger partial charge >= 0.3 is 0 Å². The van der Waals surface area contributed by atoms with Gasteiger partial charge in [0, 0.05) is 25.8 Å². The van der Waals surface area contributed by atoms with Gasteiger partial charge in [0.1, 0.15) is 5.82 Å². The normalized spacial score (nSPS) is 20.2. The molecule has 2 atom stereocenters. The zero-order valence-corrected chi connectivity index (χ0v) is 22.5. The van der Waals surface area contributed by atoms with Crippen molar-refractivity contribution in [2.75, 3.05) is 19.8 Å². The number of sulfone groups is 1. The van der Waals surface area contributed by atoms with Crippen molar-refractivity contribution in [1.29, 1.82) is 0 Å². The second kappa shape index (κ2) is 12.0. The second-order valence-corrected chi connectivity index (χ2v) is 12.1. The Morgan fingerprint density at radius 2 is 1.86 bits per heavy atom. The molecule has 1 aromatic heterocycles. The van der Waals surface area contributed by atoms with Crippen molar-refractivity contribution < 1.29 is 22.3 Å². The third-order valence-corrected chi connectivity index (χ3v) is 8.33. The molecule has 11 heteroatoms. The van der Waals surface area contributed by atoms with Crippen LogP contribution in [0.5, 0.6) is 0 Å². The van der Waals surface area contributed by atoms with Crippen molar-refractivity contribution in [2.24, 2.45) is 0 Å². The van der Waals surface area contributed by atoms with Crippen molar-refractivity contribution in [3.05, 3.63) is 47.5 Å². The van der Waals surface area contributed by atoms with Crippen LogP contribution in [0.15, 0.2) is 35.6 Å².